The van der Waals surface area contributed by atoms with Gasteiger partial charge in [-0.25, -0.2) is 0 Å². The Morgan fingerprint density at radius 2 is 2.25 bits per heavy atom. The number of nitrogens with two attached hydrogens (primary N) is 1. The van der Waals surface area contributed by atoms with Crippen LogP contribution in [0, 0.1) is 6.92 Å². The summed E-state index contributed by atoms with van der Waals surface area (Å²) in [6, 6.07) is 13.1. The fourth-order valence-electron chi connectivity index (χ4n) is 3.25. The van der Waals surface area contributed by atoms with Crippen molar-refractivity contribution in [3.05, 3.63) is 65.0 Å². The van der Waals surface area contributed by atoms with Crippen LogP contribution in [0.3, 0.4) is 0 Å². The van der Waals surface area contributed by atoms with Gasteiger partial charge in [0, 0.05) is 23.9 Å². The number of fused-ring (bicyclic) bond motifs is 1. The number of aromatic nitrogens is 1. The summed E-state index contributed by atoms with van der Waals surface area (Å²) in [5.74, 6) is 6.23. The molecule has 3 heteroatoms. The quantitative estimate of drug-likeness (QED) is 0.661. The molecule has 3 rings (SSSR count). The molecule has 0 saturated carbocycles. The lowest BCUT2D eigenvalue weighted by Gasteiger charge is -2.23. The van der Waals surface area contributed by atoms with E-state index in [4.69, 9.17) is 5.84 Å². The van der Waals surface area contributed by atoms with Gasteiger partial charge in [0.15, 0.2) is 0 Å². The minimum Gasteiger partial charge on any atom is -0.271 e. The van der Waals surface area contributed by atoms with Crippen molar-refractivity contribution >= 4 is 0 Å². The zero-order valence-electron chi connectivity index (χ0n) is 11.8. The molecule has 0 radical (unpaired) electrons. The number of aryl methyl sites for hydroxylation is 2. The second-order valence-corrected chi connectivity index (χ2v) is 5.66. The standard InChI is InChI=1S/C17H21N3/c1-12-4-2-5-13(10-12)11-16(20-18)15-8-7-14-6-3-9-19-17(14)15/h2-6,9-10,15-16,20H,7-8,11,18H2,1H3. The second kappa shape index (κ2) is 5.73. The zero-order chi connectivity index (χ0) is 13.9. The van der Waals surface area contributed by atoms with Gasteiger partial charge >= 0.3 is 0 Å². The summed E-state index contributed by atoms with van der Waals surface area (Å²) in [4.78, 5) is 4.57. The van der Waals surface area contributed by atoms with Gasteiger partial charge in [0.2, 0.25) is 0 Å². The first-order chi connectivity index (χ1) is 9.78. The fourth-order valence-corrected chi connectivity index (χ4v) is 3.25. The molecule has 104 valence electrons. The Morgan fingerprint density at radius 3 is 3.05 bits per heavy atom. The highest BCUT2D eigenvalue weighted by atomic mass is 15.2. The number of hydrazine groups is 1. The van der Waals surface area contributed by atoms with Crippen LogP contribution in [0.2, 0.25) is 0 Å². The molecule has 0 saturated heterocycles. The van der Waals surface area contributed by atoms with Gasteiger partial charge in [0.1, 0.15) is 0 Å². The van der Waals surface area contributed by atoms with Crippen molar-refractivity contribution in [2.45, 2.75) is 38.1 Å². The Balaban J connectivity index is 1.81. The summed E-state index contributed by atoms with van der Waals surface area (Å²) in [6.07, 6.45) is 5.07. The van der Waals surface area contributed by atoms with Crippen LogP contribution in [-0.2, 0) is 12.8 Å². The maximum Gasteiger partial charge on any atom is 0.0482 e. The number of nitrogens with one attached hydrogen (secondary N) is 1. The smallest absolute Gasteiger partial charge is 0.0482 e. The van der Waals surface area contributed by atoms with Crippen LogP contribution in [0.1, 0.15) is 34.7 Å². The third-order valence-electron chi connectivity index (χ3n) is 4.24. The number of nitrogens with zero attached hydrogens (tertiary/aromatic N) is 1. The van der Waals surface area contributed by atoms with E-state index in [9.17, 15) is 0 Å². The van der Waals surface area contributed by atoms with E-state index in [0.717, 1.165) is 19.3 Å². The Labute approximate surface area is 120 Å². The lowest BCUT2D eigenvalue weighted by Crippen LogP contribution is -2.41. The molecule has 2 aromatic rings. The van der Waals surface area contributed by atoms with Gasteiger partial charge in [0.05, 0.1) is 0 Å². The zero-order valence-corrected chi connectivity index (χ0v) is 11.8. The number of hydrogen-bond acceptors (Lipinski definition) is 3. The Morgan fingerprint density at radius 1 is 1.35 bits per heavy atom. The largest absolute Gasteiger partial charge is 0.271 e. The maximum absolute atomic E-state index is 5.82. The molecular formula is C17H21N3. The van der Waals surface area contributed by atoms with Crippen LogP contribution in [0.25, 0.3) is 0 Å². The van der Waals surface area contributed by atoms with Crippen molar-refractivity contribution in [1.82, 2.24) is 10.4 Å². The Hall–Kier alpha value is -1.71. The van der Waals surface area contributed by atoms with Gasteiger partial charge in [-0.15, -0.1) is 0 Å². The first-order valence-electron chi connectivity index (χ1n) is 7.23. The van der Waals surface area contributed by atoms with E-state index in [0.29, 0.717) is 5.92 Å². The molecule has 1 aliphatic rings. The summed E-state index contributed by atoms with van der Waals surface area (Å²) in [5, 5.41) is 0. The number of hydrogen-bond donors (Lipinski definition) is 2. The van der Waals surface area contributed by atoms with Crippen molar-refractivity contribution < 1.29 is 0 Å². The predicted octanol–water partition coefficient (Wildman–Crippen LogP) is 2.49. The fraction of sp³-hybridized carbons (Fsp3) is 0.353. The molecule has 2 unspecified atom stereocenters. The first-order valence-corrected chi connectivity index (χ1v) is 7.23. The summed E-state index contributed by atoms with van der Waals surface area (Å²) < 4.78 is 0. The summed E-state index contributed by atoms with van der Waals surface area (Å²) in [7, 11) is 0. The van der Waals surface area contributed by atoms with Gasteiger partial charge < -0.3 is 0 Å². The monoisotopic (exact) mass is 267 g/mol. The minimum atomic E-state index is 0.243. The van der Waals surface area contributed by atoms with Crippen LogP contribution in [0.5, 0.6) is 0 Å². The van der Waals surface area contributed by atoms with Gasteiger partial charge in [-0.1, -0.05) is 35.9 Å². The Bertz CT molecular complexity index is 594. The first kappa shape index (κ1) is 13.3. The maximum atomic E-state index is 5.82. The van der Waals surface area contributed by atoms with Crippen molar-refractivity contribution in [2.24, 2.45) is 5.84 Å². The van der Waals surface area contributed by atoms with E-state index in [2.05, 4.69) is 47.7 Å². The van der Waals surface area contributed by atoms with Crippen molar-refractivity contribution in [1.29, 1.82) is 0 Å². The minimum absolute atomic E-state index is 0.243. The summed E-state index contributed by atoms with van der Waals surface area (Å²) in [6.45, 7) is 2.13. The highest BCUT2D eigenvalue weighted by Gasteiger charge is 2.30. The number of pyridine rings is 1. The molecule has 1 aromatic heterocycles. The molecule has 0 aliphatic heterocycles. The molecule has 1 aromatic carbocycles. The third kappa shape index (κ3) is 2.60. The number of benzene rings is 1. The van der Waals surface area contributed by atoms with E-state index < -0.39 is 0 Å². The van der Waals surface area contributed by atoms with Crippen LogP contribution >= 0.6 is 0 Å². The molecule has 3 N–H and O–H groups in total. The van der Waals surface area contributed by atoms with Gasteiger partial charge in [-0.3, -0.25) is 16.3 Å². The van der Waals surface area contributed by atoms with Gasteiger partial charge in [-0.05, 0) is 43.4 Å². The van der Waals surface area contributed by atoms with E-state index in [1.807, 2.05) is 12.3 Å². The van der Waals surface area contributed by atoms with Crippen molar-refractivity contribution in [3.63, 3.8) is 0 Å². The van der Waals surface area contributed by atoms with E-state index in [-0.39, 0.29) is 6.04 Å². The average molecular weight is 267 g/mol. The highest BCUT2D eigenvalue weighted by Crippen LogP contribution is 2.34. The Kier molecular flexibility index (Phi) is 3.81. The topological polar surface area (TPSA) is 50.9 Å². The highest BCUT2D eigenvalue weighted by molar-refractivity contribution is 5.31. The van der Waals surface area contributed by atoms with E-state index >= 15 is 0 Å². The number of rotatable bonds is 4. The molecule has 2 atom stereocenters. The van der Waals surface area contributed by atoms with E-state index in [1.165, 1.54) is 22.4 Å². The lowest BCUT2D eigenvalue weighted by atomic mass is 9.91. The third-order valence-corrected chi connectivity index (χ3v) is 4.24. The molecule has 20 heavy (non-hydrogen) atoms. The molecule has 0 spiro atoms. The van der Waals surface area contributed by atoms with E-state index in [1.54, 1.807) is 0 Å². The van der Waals surface area contributed by atoms with Gasteiger partial charge in [0.25, 0.3) is 0 Å². The molecule has 0 bridgehead atoms. The molecule has 0 fully saturated rings. The summed E-state index contributed by atoms with van der Waals surface area (Å²) >= 11 is 0. The van der Waals surface area contributed by atoms with Gasteiger partial charge in [-0.2, -0.15) is 0 Å². The van der Waals surface area contributed by atoms with Crippen molar-refractivity contribution in [2.75, 3.05) is 0 Å². The molecule has 0 amide bonds. The average Bonchev–Trinajstić information content (AvgIpc) is 2.89. The van der Waals surface area contributed by atoms with Crippen LogP contribution in [0.4, 0.5) is 0 Å². The summed E-state index contributed by atoms with van der Waals surface area (Å²) in [5.41, 5.74) is 8.24. The molecular weight excluding hydrogens is 246 g/mol. The predicted molar refractivity (Wildman–Crippen MR) is 81.3 cm³/mol. The van der Waals surface area contributed by atoms with Crippen LogP contribution < -0.4 is 11.3 Å². The molecule has 1 aliphatic carbocycles. The second-order valence-electron chi connectivity index (χ2n) is 5.66. The SMILES string of the molecule is Cc1cccc(CC(NN)C2CCc3cccnc32)c1. The normalized spacial score (nSPS) is 18.8. The van der Waals surface area contributed by atoms with Crippen LogP contribution in [-0.4, -0.2) is 11.0 Å². The van der Waals surface area contributed by atoms with Crippen molar-refractivity contribution in [3.8, 4) is 0 Å². The lowest BCUT2D eigenvalue weighted by molar-refractivity contribution is 0.429. The van der Waals surface area contributed by atoms with Crippen LogP contribution in [0.15, 0.2) is 42.6 Å². The molecule has 3 nitrogen and oxygen atoms in total. The molecule has 1 heterocycles.